The summed E-state index contributed by atoms with van der Waals surface area (Å²) >= 11 is 0. The molecule has 1 unspecified atom stereocenters. The van der Waals surface area contributed by atoms with E-state index in [9.17, 15) is 4.79 Å². The van der Waals surface area contributed by atoms with Crippen LogP contribution in [-0.2, 0) is 21.6 Å². The predicted molar refractivity (Wildman–Crippen MR) is 98.1 cm³/mol. The van der Waals surface area contributed by atoms with E-state index in [0.717, 1.165) is 24.1 Å². The van der Waals surface area contributed by atoms with Crippen LogP contribution in [-0.4, -0.2) is 28.1 Å². The number of fused-ring (bicyclic) bond motifs is 1. The Morgan fingerprint density at radius 1 is 1.27 bits per heavy atom. The molecule has 1 aromatic heterocycles. The van der Waals surface area contributed by atoms with E-state index in [0.29, 0.717) is 23.9 Å². The Morgan fingerprint density at radius 3 is 2.62 bits per heavy atom. The maximum atomic E-state index is 12.3. The number of benzene rings is 1. The summed E-state index contributed by atoms with van der Waals surface area (Å²) in [6.07, 6.45) is 2.38. The summed E-state index contributed by atoms with van der Waals surface area (Å²) in [5.41, 5.74) is 1.74. The van der Waals surface area contributed by atoms with Gasteiger partial charge in [0.05, 0.1) is 23.4 Å². The molecule has 2 aliphatic rings. The van der Waals surface area contributed by atoms with Gasteiger partial charge in [0.1, 0.15) is 12.4 Å². The van der Waals surface area contributed by atoms with E-state index >= 15 is 0 Å². The standard InChI is InChI=1S/C20H25N3O3/c1-20(2,3)23-18(11-15(22-23)14-9-16-17(10-14)26-16)21-19(24)25-12-13-7-5-4-6-8-13/h4-8,11,14,16-17H,9-10,12H2,1-3H3,(H,21,24)/t14?,16-,17+. The van der Waals surface area contributed by atoms with Gasteiger partial charge in [0, 0.05) is 12.0 Å². The second-order valence-electron chi connectivity index (χ2n) is 8.11. The molecule has 4 rings (SSSR count). The van der Waals surface area contributed by atoms with Gasteiger partial charge in [0.2, 0.25) is 0 Å². The number of hydrogen-bond donors (Lipinski definition) is 1. The Kier molecular flexibility index (Phi) is 4.23. The second-order valence-corrected chi connectivity index (χ2v) is 8.11. The van der Waals surface area contributed by atoms with Gasteiger partial charge in [-0.05, 0) is 39.2 Å². The fourth-order valence-electron chi connectivity index (χ4n) is 3.56. The third kappa shape index (κ3) is 3.60. The summed E-state index contributed by atoms with van der Waals surface area (Å²) in [6, 6.07) is 11.6. The number of amides is 1. The van der Waals surface area contributed by atoms with Crippen LogP contribution in [0.3, 0.4) is 0 Å². The highest BCUT2D eigenvalue weighted by atomic mass is 16.6. The molecule has 1 amide bonds. The summed E-state index contributed by atoms with van der Waals surface area (Å²) in [6.45, 7) is 6.45. The predicted octanol–water partition coefficient (Wildman–Crippen LogP) is 4.03. The van der Waals surface area contributed by atoms with Gasteiger partial charge in [-0.1, -0.05) is 30.3 Å². The molecule has 1 aromatic carbocycles. The first-order valence-electron chi connectivity index (χ1n) is 9.14. The first kappa shape index (κ1) is 17.1. The third-order valence-corrected chi connectivity index (χ3v) is 4.95. The minimum Gasteiger partial charge on any atom is -0.444 e. The number of nitrogens with zero attached hydrogens (tertiary/aromatic N) is 2. The van der Waals surface area contributed by atoms with Crippen molar-refractivity contribution < 1.29 is 14.3 Å². The number of rotatable bonds is 4. The summed E-state index contributed by atoms with van der Waals surface area (Å²) in [5.74, 6) is 1.08. The normalized spacial score (nSPS) is 24.2. The highest BCUT2D eigenvalue weighted by Gasteiger charge is 2.49. The fraction of sp³-hybridized carbons (Fsp3) is 0.500. The van der Waals surface area contributed by atoms with Crippen molar-refractivity contribution in [1.29, 1.82) is 0 Å². The zero-order chi connectivity index (χ0) is 18.3. The lowest BCUT2D eigenvalue weighted by molar-refractivity contribution is 0.154. The van der Waals surface area contributed by atoms with Gasteiger partial charge < -0.3 is 9.47 Å². The lowest BCUT2D eigenvalue weighted by Crippen LogP contribution is -2.27. The molecule has 1 saturated carbocycles. The van der Waals surface area contributed by atoms with E-state index in [-0.39, 0.29) is 12.1 Å². The molecular weight excluding hydrogens is 330 g/mol. The molecule has 2 fully saturated rings. The molecule has 0 bridgehead atoms. The SMILES string of the molecule is CC(C)(C)n1nc(C2C[C@@H]3O[C@@H]3C2)cc1NC(=O)OCc1ccccc1. The smallest absolute Gasteiger partial charge is 0.413 e. The number of anilines is 1. The number of nitrogens with one attached hydrogen (secondary N) is 1. The molecule has 0 radical (unpaired) electrons. The van der Waals surface area contributed by atoms with E-state index in [1.54, 1.807) is 0 Å². The average molecular weight is 355 g/mol. The van der Waals surface area contributed by atoms with Crippen molar-refractivity contribution in [1.82, 2.24) is 9.78 Å². The van der Waals surface area contributed by atoms with Crippen molar-refractivity contribution in [3.63, 3.8) is 0 Å². The Bertz CT molecular complexity index is 784. The molecule has 1 aliphatic heterocycles. The summed E-state index contributed by atoms with van der Waals surface area (Å²) in [4.78, 5) is 12.3. The van der Waals surface area contributed by atoms with Gasteiger partial charge in [-0.3, -0.25) is 5.32 Å². The van der Waals surface area contributed by atoms with Gasteiger partial charge in [-0.2, -0.15) is 5.10 Å². The van der Waals surface area contributed by atoms with Gasteiger partial charge in [-0.25, -0.2) is 9.48 Å². The van der Waals surface area contributed by atoms with Crippen LogP contribution in [0.5, 0.6) is 0 Å². The number of aromatic nitrogens is 2. The molecule has 138 valence electrons. The van der Waals surface area contributed by atoms with E-state index in [1.807, 2.05) is 41.1 Å². The third-order valence-electron chi connectivity index (χ3n) is 4.95. The van der Waals surface area contributed by atoms with E-state index in [1.165, 1.54) is 0 Å². The van der Waals surface area contributed by atoms with Gasteiger partial charge >= 0.3 is 6.09 Å². The van der Waals surface area contributed by atoms with Crippen LogP contribution in [0.4, 0.5) is 10.6 Å². The largest absolute Gasteiger partial charge is 0.444 e. The lowest BCUT2D eigenvalue weighted by Gasteiger charge is -2.22. The van der Waals surface area contributed by atoms with Crippen molar-refractivity contribution in [2.45, 2.75) is 63.9 Å². The zero-order valence-corrected chi connectivity index (χ0v) is 15.4. The Morgan fingerprint density at radius 2 is 1.96 bits per heavy atom. The molecule has 1 aliphatic carbocycles. The number of hydrogen-bond acceptors (Lipinski definition) is 4. The fourth-order valence-corrected chi connectivity index (χ4v) is 3.56. The molecule has 3 atom stereocenters. The van der Waals surface area contributed by atoms with Crippen LogP contribution < -0.4 is 5.32 Å². The van der Waals surface area contributed by atoms with Crippen molar-refractivity contribution in [3.05, 3.63) is 47.7 Å². The van der Waals surface area contributed by atoms with Crippen LogP contribution in [0.25, 0.3) is 0 Å². The van der Waals surface area contributed by atoms with Gasteiger partial charge in [0.25, 0.3) is 0 Å². The number of ether oxygens (including phenoxy) is 2. The maximum Gasteiger partial charge on any atom is 0.413 e. The molecule has 2 heterocycles. The van der Waals surface area contributed by atoms with Crippen molar-refractivity contribution in [3.8, 4) is 0 Å². The summed E-state index contributed by atoms with van der Waals surface area (Å²) < 4.78 is 12.7. The molecule has 0 spiro atoms. The van der Waals surface area contributed by atoms with Gasteiger partial charge in [0.15, 0.2) is 0 Å². The molecule has 6 nitrogen and oxygen atoms in total. The number of epoxide rings is 1. The van der Waals surface area contributed by atoms with Crippen molar-refractivity contribution in [2.24, 2.45) is 0 Å². The van der Waals surface area contributed by atoms with Crippen LogP contribution in [0.2, 0.25) is 0 Å². The van der Waals surface area contributed by atoms with Crippen LogP contribution in [0.1, 0.15) is 50.8 Å². The van der Waals surface area contributed by atoms with E-state index in [4.69, 9.17) is 14.6 Å². The van der Waals surface area contributed by atoms with E-state index in [2.05, 4.69) is 26.1 Å². The second kappa shape index (κ2) is 6.43. The first-order chi connectivity index (χ1) is 12.4. The molecule has 2 aromatic rings. The maximum absolute atomic E-state index is 12.3. The quantitative estimate of drug-likeness (QED) is 0.841. The Hall–Kier alpha value is -2.34. The topological polar surface area (TPSA) is 68.7 Å². The van der Waals surface area contributed by atoms with Crippen LogP contribution in [0.15, 0.2) is 36.4 Å². The lowest BCUT2D eigenvalue weighted by atomic mass is 10.0. The number of carbonyl (C=O) groups is 1. The monoisotopic (exact) mass is 355 g/mol. The summed E-state index contributed by atoms with van der Waals surface area (Å²) in [7, 11) is 0. The number of carbonyl (C=O) groups excluding carboxylic acids is 1. The van der Waals surface area contributed by atoms with Crippen molar-refractivity contribution >= 4 is 11.9 Å². The summed E-state index contributed by atoms with van der Waals surface area (Å²) in [5, 5.41) is 7.64. The molecule has 1 N–H and O–H groups in total. The van der Waals surface area contributed by atoms with Crippen LogP contribution >= 0.6 is 0 Å². The highest BCUT2D eigenvalue weighted by molar-refractivity contribution is 5.83. The molecule has 1 saturated heterocycles. The van der Waals surface area contributed by atoms with Crippen LogP contribution in [0, 0.1) is 0 Å². The average Bonchev–Trinajstić information content (AvgIpc) is 3.02. The minimum absolute atomic E-state index is 0.238. The Balaban J connectivity index is 1.45. The highest BCUT2D eigenvalue weighted by Crippen LogP contribution is 2.47. The molecular formula is C20H25N3O3. The molecule has 26 heavy (non-hydrogen) atoms. The van der Waals surface area contributed by atoms with Crippen molar-refractivity contribution in [2.75, 3.05) is 5.32 Å². The first-order valence-corrected chi connectivity index (χ1v) is 9.14. The minimum atomic E-state index is -0.469. The molecule has 6 heteroatoms. The van der Waals surface area contributed by atoms with Gasteiger partial charge in [-0.15, -0.1) is 0 Å². The Labute approximate surface area is 153 Å². The zero-order valence-electron chi connectivity index (χ0n) is 15.4. The van der Waals surface area contributed by atoms with E-state index < -0.39 is 6.09 Å².